The van der Waals surface area contributed by atoms with E-state index in [0.29, 0.717) is 11.3 Å². The zero-order valence-corrected chi connectivity index (χ0v) is 15.5. The van der Waals surface area contributed by atoms with Gasteiger partial charge in [-0.15, -0.1) is 0 Å². The molecule has 0 radical (unpaired) electrons. The fraction of sp³-hybridized carbons (Fsp3) is 0.136. The molecular weight excluding hydrogens is 356 g/mol. The van der Waals surface area contributed by atoms with Gasteiger partial charge in [-0.1, -0.05) is 36.4 Å². The summed E-state index contributed by atoms with van der Waals surface area (Å²) in [5.41, 5.74) is 8.45. The van der Waals surface area contributed by atoms with E-state index in [1.54, 1.807) is 37.3 Å². The second kappa shape index (κ2) is 6.49. The summed E-state index contributed by atoms with van der Waals surface area (Å²) in [4.78, 5) is 39.2. The molecule has 0 unspecified atom stereocenters. The lowest BCUT2D eigenvalue weighted by molar-refractivity contribution is 0.0525. The van der Waals surface area contributed by atoms with Gasteiger partial charge in [-0.2, -0.15) is 0 Å². The maximum atomic E-state index is 13.3. The number of carbonyl (C=O) groups excluding carboxylic acids is 3. The highest BCUT2D eigenvalue weighted by atomic mass is 16.5. The molecular formula is C22H18N2O4. The Morgan fingerprint density at radius 2 is 1.71 bits per heavy atom. The van der Waals surface area contributed by atoms with Crippen molar-refractivity contribution >= 4 is 23.4 Å². The van der Waals surface area contributed by atoms with Gasteiger partial charge >= 0.3 is 5.97 Å². The molecule has 1 aliphatic rings. The Hall–Kier alpha value is -3.67. The van der Waals surface area contributed by atoms with Crippen LogP contribution in [0.1, 0.15) is 54.8 Å². The molecule has 2 N–H and O–H groups in total. The molecule has 1 aliphatic carbocycles. The Morgan fingerprint density at radius 1 is 1.04 bits per heavy atom. The van der Waals surface area contributed by atoms with E-state index in [4.69, 9.17) is 10.5 Å². The first-order valence-electron chi connectivity index (χ1n) is 8.92. The molecule has 0 bridgehead atoms. The summed E-state index contributed by atoms with van der Waals surface area (Å²) >= 11 is 0. The van der Waals surface area contributed by atoms with Crippen LogP contribution in [0.3, 0.4) is 0 Å². The zero-order valence-electron chi connectivity index (χ0n) is 15.5. The predicted molar refractivity (Wildman–Crippen MR) is 104 cm³/mol. The maximum absolute atomic E-state index is 13.3. The molecule has 0 saturated carbocycles. The number of nitrogens with two attached hydrogens (primary N) is 1. The zero-order chi connectivity index (χ0) is 20.0. The molecule has 6 heteroatoms. The molecule has 1 aromatic heterocycles. The van der Waals surface area contributed by atoms with Crippen molar-refractivity contribution in [3.05, 3.63) is 82.0 Å². The highest BCUT2D eigenvalue weighted by Crippen LogP contribution is 2.37. The van der Waals surface area contributed by atoms with Gasteiger partial charge in [0, 0.05) is 16.8 Å². The Bertz CT molecular complexity index is 1160. The molecule has 0 spiro atoms. The van der Waals surface area contributed by atoms with Gasteiger partial charge in [-0.05, 0) is 31.5 Å². The summed E-state index contributed by atoms with van der Waals surface area (Å²) in [5.74, 6) is -1.47. The monoisotopic (exact) mass is 374 g/mol. The van der Waals surface area contributed by atoms with Crippen molar-refractivity contribution in [3.63, 3.8) is 0 Å². The Labute approximate surface area is 161 Å². The van der Waals surface area contributed by atoms with Crippen LogP contribution < -0.4 is 5.73 Å². The lowest BCUT2D eigenvalue weighted by Crippen LogP contribution is -2.23. The van der Waals surface area contributed by atoms with E-state index in [1.165, 1.54) is 4.57 Å². The molecule has 3 aromatic rings. The van der Waals surface area contributed by atoms with E-state index in [9.17, 15) is 14.4 Å². The van der Waals surface area contributed by atoms with E-state index in [0.717, 1.165) is 5.56 Å². The molecule has 6 nitrogen and oxygen atoms in total. The molecule has 4 rings (SSSR count). The number of anilines is 1. The molecule has 0 saturated heterocycles. The first kappa shape index (κ1) is 17.7. The molecule has 0 amide bonds. The van der Waals surface area contributed by atoms with Crippen LogP contribution in [0.15, 0.2) is 48.5 Å². The molecule has 2 aromatic carbocycles. The predicted octanol–water partition coefficient (Wildman–Crippen LogP) is 3.32. The van der Waals surface area contributed by atoms with Crippen LogP contribution in [-0.4, -0.2) is 28.7 Å². The molecule has 140 valence electrons. The second-order valence-electron chi connectivity index (χ2n) is 6.58. The van der Waals surface area contributed by atoms with Crippen LogP contribution in [0.5, 0.6) is 0 Å². The lowest BCUT2D eigenvalue weighted by Gasteiger charge is -2.17. The highest BCUT2D eigenvalue weighted by molar-refractivity contribution is 6.31. The fourth-order valence-electron chi connectivity index (χ4n) is 3.61. The lowest BCUT2D eigenvalue weighted by atomic mass is 9.86. The van der Waals surface area contributed by atoms with Crippen LogP contribution >= 0.6 is 0 Å². The topological polar surface area (TPSA) is 91.4 Å². The largest absolute Gasteiger partial charge is 0.462 e. The van der Waals surface area contributed by atoms with Crippen LogP contribution in [0.25, 0.3) is 5.69 Å². The van der Waals surface area contributed by atoms with Gasteiger partial charge in [-0.3, -0.25) is 14.2 Å². The number of hydrogen-bond acceptors (Lipinski definition) is 5. The highest BCUT2D eigenvalue weighted by Gasteiger charge is 2.40. The fourth-order valence-corrected chi connectivity index (χ4v) is 3.61. The van der Waals surface area contributed by atoms with Gasteiger partial charge in [0.15, 0.2) is 5.78 Å². The number of ketones is 2. The van der Waals surface area contributed by atoms with Gasteiger partial charge in [0.2, 0.25) is 5.78 Å². The van der Waals surface area contributed by atoms with Crippen LogP contribution in [0, 0.1) is 6.92 Å². The average Bonchev–Trinajstić information content (AvgIpc) is 2.99. The molecule has 0 aliphatic heterocycles. The number of ether oxygens (including phenoxy) is 1. The number of benzene rings is 2. The second-order valence-corrected chi connectivity index (χ2v) is 6.58. The number of nitrogen functional groups attached to an aromatic ring is 1. The summed E-state index contributed by atoms with van der Waals surface area (Å²) in [5, 5.41) is 0. The summed E-state index contributed by atoms with van der Waals surface area (Å²) in [6.07, 6.45) is 0. The first-order valence-corrected chi connectivity index (χ1v) is 8.92. The van der Waals surface area contributed by atoms with Gasteiger partial charge < -0.3 is 10.5 Å². The number of aromatic nitrogens is 1. The van der Waals surface area contributed by atoms with Crippen molar-refractivity contribution in [1.29, 1.82) is 0 Å². The number of rotatable bonds is 3. The van der Waals surface area contributed by atoms with Gasteiger partial charge in [0.1, 0.15) is 17.1 Å². The minimum atomic E-state index is -0.719. The Morgan fingerprint density at radius 3 is 2.36 bits per heavy atom. The average molecular weight is 374 g/mol. The van der Waals surface area contributed by atoms with Gasteiger partial charge in [-0.25, -0.2) is 4.79 Å². The van der Waals surface area contributed by atoms with Crippen molar-refractivity contribution in [2.45, 2.75) is 13.8 Å². The maximum Gasteiger partial charge on any atom is 0.342 e. The third-order valence-corrected chi connectivity index (χ3v) is 4.81. The van der Waals surface area contributed by atoms with Crippen LogP contribution in [0.2, 0.25) is 0 Å². The quantitative estimate of drug-likeness (QED) is 0.556. The van der Waals surface area contributed by atoms with Crippen molar-refractivity contribution in [1.82, 2.24) is 4.57 Å². The van der Waals surface area contributed by atoms with Crippen LogP contribution in [-0.2, 0) is 4.74 Å². The number of carbonyl (C=O) groups is 3. The van der Waals surface area contributed by atoms with Crippen molar-refractivity contribution in [2.24, 2.45) is 0 Å². The van der Waals surface area contributed by atoms with Gasteiger partial charge in [0.25, 0.3) is 0 Å². The summed E-state index contributed by atoms with van der Waals surface area (Å²) < 4.78 is 6.60. The Balaban J connectivity index is 2.09. The first-order chi connectivity index (χ1) is 13.5. The number of nitrogens with zero attached hydrogens (tertiary/aromatic N) is 1. The van der Waals surface area contributed by atoms with E-state index in [-0.39, 0.29) is 40.6 Å². The Kier molecular flexibility index (Phi) is 4.11. The number of esters is 1. The van der Waals surface area contributed by atoms with E-state index < -0.39 is 11.8 Å². The summed E-state index contributed by atoms with van der Waals surface area (Å²) in [6.45, 7) is 3.70. The molecule has 0 fully saturated rings. The third-order valence-electron chi connectivity index (χ3n) is 4.81. The molecule has 0 atom stereocenters. The number of aryl methyl sites for hydroxylation is 1. The smallest absolute Gasteiger partial charge is 0.342 e. The van der Waals surface area contributed by atoms with Crippen LogP contribution in [0.4, 0.5) is 5.82 Å². The van der Waals surface area contributed by atoms with E-state index in [1.807, 2.05) is 25.1 Å². The minimum Gasteiger partial charge on any atom is -0.462 e. The van der Waals surface area contributed by atoms with Crippen molar-refractivity contribution < 1.29 is 19.1 Å². The molecule has 1 heterocycles. The minimum absolute atomic E-state index is 0.00107. The van der Waals surface area contributed by atoms with Crippen molar-refractivity contribution in [2.75, 3.05) is 12.3 Å². The number of hydrogen-bond donors (Lipinski definition) is 1. The SMILES string of the molecule is CCOC(=O)c1c2c(n(-c3cccc(C)c3)c1N)C(=O)c1ccccc1C2=O. The van der Waals surface area contributed by atoms with Crippen molar-refractivity contribution in [3.8, 4) is 5.69 Å². The third kappa shape index (κ3) is 2.45. The standard InChI is InChI=1S/C22H18N2O4/c1-3-28-22(27)17-16-18(20(26)15-10-5-4-9-14(15)19(16)25)24(21(17)23)13-8-6-7-12(2)11-13/h4-11H,3,23H2,1-2H3. The van der Waals surface area contributed by atoms with Gasteiger partial charge in [0.05, 0.1) is 12.2 Å². The molecule has 28 heavy (non-hydrogen) atoms. The van der Waals surface area contributed by atoms with E-state index in [2.05, 4.69) is 0 Å². The number of fused-ring (bicyclic) bond motifs is 2. The van der Waals surface area contributed by atoms with E-state index >= 15 is 0 Å². The summed E-state index contributed by atoms with van der Waals surface area (Å²) in [6, 6.07) is 13.9. The summed E-state index contributed by atoms with van der Waals surface area (Å²) in [7, 11) is 0. The normalized spacial score (nSPS) is 12.5.